The van der Waals surface area contributed by atoms with Crippen LogP contribution in [0.25, 0.3) is 0 Å². The van der Waals surface area contributed by atoms with Crippen LogP contribution in [-0.4, -0.2) is 28.2 Å². The average molecular weight is 574 g/mol. The lowest BCUT2D eigenvalue weighted by atomic mass is 10.4. The summed E-state index contributed by atoms with van der Waals surface area (Å²) in [7, 11) is -1.76. The number of hydrogen-bond acceptors (Lipinski definition) is 0. The molecular weight excluding hydrogens is 541 g/mol. The van der Waals surface area contributed by atoms with Crippen molar-refractivity contribution < 1.29 is 0 Å². The lowest BCUT2D eigenvalue weighted by Gasteiger charge is -2.34. The van der Waals surface area contributed by atoms with E-state index in [1.54, 1.807) is 0 Å². The molecule has 0 saturated heterocycles. The number of rotatable bonds is 13. The van der Waals surface area contributed by atoms with E-state index >= 15 is 0 Å². The van der Waals surface area contributed by atoms with Crippen LogP contribution in [0.1, 0.15) is 19.3 Å². The zero-order valence-corrected chi connectivity index (χ0v) is 25.6. The van der Waals surface area contributed by atoms with Crippen LogP contribution in [0.4, 0.5) is 0 Å². The van der Waals surface area contributed by atoms with Crippen LogP contribution in [-0.2, 0) is 0 Å². The quantitative estimate of drug-likeness (QED) is 0.163. The highest BCUT2D eigenvalue weighted by Gasteiger charge is 2.36. The van der Waals surface area contributed by atoms with E-state index in [-0.39, 0.29) is 0 Å². The normalized spacial score (nSPS) is 13.8. The molecule has 0 nitrogen and oxygen atoms in total. The molecule has 1 rings (SSSR count). The van der Waals surface area contributed by atoms with Gasteiger partial charge in [-0.3, -0.25) is 0 Å². The largest absolute Gasteiger partial charge is 0.248 e. The fourth-order valence-corrected chi connectivity index (χ4v) is 14.7. The molecule has 28 heavy (non-hydrogen) atoms. The van der Waals surface area contributed by atoms with E-state index in [1.807, 2.05) is 19.6 Å². The summed E-state index contributed by atoms with van der Waals surface area (Å²) in [5.41, 5.74) is 0. The molecule has 0 N–H and O–H groups in total. The Kier molecular flexibility index (Phi) is 12.1. The predicted octanol–water partition coefficient (Wildman–Crippen LogP) is 9.16. The Morgan fingerprint density at radius 3 is 1.14 bits per heavy atom. The van der Waals surface area contributed by atoms with Gasteiger partial charge in [0.1, 0.15) is 0 Å². The highest BCUT2D eigenvalue weighted by atomic mass is 35.7. The maximum atomic E-state index is 6.40. The van der Waals surface area contributed by atoms with Crippen molar-refractivity contribution in [1.82, 2.24) is 0 Å². The highest BCUT2D eigenvalue weighted by Crippen LogP contribution is 2.35. The van der Waals surface area contributed by atoms with Crippen LogP contribution in [0, 0.1) is 0 Å². The second kappa shape index (κ2) is 12.2. The molecular formula is C18H32Cl6Si4. The van der Waals surface area contributed by atoms with Gasteiger partial charge in [-0.05, 0) is 37.8 Å². The summed E-state index contributed by atoms with van der Waals surface area (Å²) in [4.78, 5) is 0. The van der Waals surface area contributed by atoms with Crippen molar-refractivity contribution in [2.45, 2.75) is 75.2 Å². The molecule has 0 amide bonds. The molecule has 162 valence electrons. The standard InChI is InChI=1S/C18H32Cl6Si4/c1-25(19,20)12-7-15-28(16-8-13-26(2,21)22,17-9-14-27(3,23)24)18-10-5-4-6-11-18/h4-6,10-11H,7-9,12-17H2,1-3H3. The molecule has 1 aromatic carbocycles. The third kappa shape index (κ3) is 12.6. The first-order valence-corrected chi connectivity index (χ1v) is 26.7. The van der Waals surface area contributed by atoms with Crippen molar-refractivity contribution in [1.29, 1.82) is 0 Å². The summed E-state index contributed by atoms with van der Waals surface area (Å²) in [5.74, 6) is 0. The van der Waals surface area contributed by atoms with Crippen LogP contribution >= 0.6 is 66.5 Å². The van der Waals surface area contributed by atoms with Gasteiger partial charge in [0, 0.05) is 0 Å². The Bertz CT molecular complexity index is 516. The van der Waals surface area contributed by atoms with Gasteiger partial charge in [-0.2, -0.15) is 0 Å². The lowest BCUT2D eigenvalue weighted by Crippen LogP contribution is -2.48. The molecule has 0 bridgehead atoms. The van der Waals surface area contributed by atoms with Crippen molar-refractivity contribution in [3.63, 3.8) is 0 Å². The fourth-order valence-electron chi connectivity index (χ4n) is 3.81. The van der Waals surface area contributed by atoms with Gasteiger partial charge in [0.2, 0.25) is 20.1 Å². The SMILES string of the molecule is C[Si](Cl)(Cl)CCC[Si](CCC[Si](C)(Cl)Cl)(CCC[Si](C)(Cl)Cl)c1ccccc1. The topological polar surface area (TPSA) is 0 Å². The highest BCUT2D eigenvalue weighted by molar-refractivity contribution is 7.45. The van der Waals surface area contributed by atoms with Gasteiger partial charge in [0.05, 0.1) is 8.07 Å². The molecule has 0 spiro atoms. The minimum atomic E-state index is -2.08. The van der Waals surface area contributed by atoms with E-state index < -0.39 is 28.2 Å². The first-order chi connectivity index (χ1) is 12.7. The summed E-state index contributed by atoms with van der Waals surface area (Å²) >= 11 is 38.4. The van der Waals surface area contributed by atoms with E-state index in [2.05, 4.69) is 30.3 Å². The molecule has 0 radical (unpaired) electrons. The number of hydrogen-bond donors (Lipinski definition) is 0. The summed E-state index contributed by atoms with van der Waals surface area (Å²) in [6, 6.07) is 17.4. The van der Waals surface area contributed by atoms with Gasteiger partial charge in [-0.25, -0.2) is 0 Å². The minimum Gasteiger partial charge on any atom is -0.146 e. The molecule has 0 aromatic heterocycles. The molecule has 0 aliphatic rings. The molecule has 0 unspecified atom stereocenters. The molecule has 0 heterocycles. The molecule has 0 aliphatic carbocycles. The Morgan fingerprint density at radius 1 is 0.536 bits per heavy atom. The maximum Gasteiger partial charge on any atom is 0.248 e. The van der Waals surface area contributed by atoms with Gasteiger partial charge in [0.15, 0.2) is 0 Å². The van der Waals surface area contributed by atoms with Crippen molar-refractivity contribution in [3.05, 3.63) is 30.3 Å². The minimum absolute atomic E-state index is 0.937. The van der Waals surface area contributed by atoms with Crippen LogP contribution in [0.2, 0.25) is 55.9 Å². The molecule has 0 atom stereocenters. The van der Waals surface area contributed by atoms with Crippen molar-refractivity contribution in [2.24, 2.45) is 0 Å². The molecule has 10 heteroatoms. The van der Waals surface area contributed by atoms with Crippen LogP contribution in [0.5, 0.6) is 0 Å². The molecule has 0 saturated carbocycles. The van der Waals surface area contributed by atoms with Crippen LogP contribution in [0.3, 0.4) is 0 Å². The predicted molar refractivity (Wildman–Crippen MR) is 144 cm³/mol. The van der Waals surface area contributed by atoms with Crippen molar-refractivity contribution in [3.8, 4) is 0 Å². The third-order valence-corrected chi connectivity index (χ3v) is 17.8. The zero-order chi connectivity index (χ0) is 21.5. The Labute approximate surface area is 203 Å². The lowest BCUT2D eigenvalue weighted by molar-refractivity contribution is 0.925. The zero-order valence-electron chi connectivity index (χ0n) is 17.0. The van der Waals surface area contributed by atoms with E-state index in [1.165, 1.54) is 23.3 Å². The van der Waals surface area contributed by atoms with Crippen LogP contribution in [0.15, 0.2) is 30.3 Å². The second-order valence-corrected chi connectivity index (χ2v) is 37.7. The summed E-state index contributed by atoms with van der Waals surface area (Å²) in [6.07, 6.45) is 3.26. The Hall–Kier alpha value is 1.83. The first kappa shape index (κ1) is 27.9. The van der Waals surface area contributed by atoms with Crippen molar-refractivity contribution in [2.75, 3.05) is 0 Å². The van der Waals surface area contributed by atoms with Crippen LogP contribution < -0.4 is 5.19 Å². The molecule has 0 fully saturated rings. The van der Waals surface area contributed by atoms with E-state index in [0.717, 1.165) is 37.4 Å². The Balaban J connectivity index is 3.04. The third-order valence-electron chi connectivity index (χ3n) is 5.20. The maximum absolute atomic E-state index is 6.40. The monoisotopic (exact) mass is 570 g/mol. The van der Waals surface area contributed by atoms with Gasteiger partial charge in [-0.15, -0.1) is 66.5 Å². The number of halogens is 6. The first-order valence-electron chi connectivity index (χ1n) is 9.92. The summed E-state index contributed by atoms with van der Waals surface area (Å²) in [5, 5.41) is 1.52. The van der Waals surface area contributed by atoms with Gasteiger partial charge in [0.25, 0.3) is 0 Å². The van der Waals surface area contributed by atoms with E-state index in [9.17, 15) is 0 Å². The fraction of sp³-hybridized carbons (Fsp3) is 0.667. The van der Waals surface area contributed by atoms with Gasteiger partial charge in [-0.1, -0.05) is 72.9 Å². The smallest absolute Gasteiger partial charge is 0.146 e. The van der Waals surface area contributed by atoms with Crippen molar-refractivity contribution >= 4 is 99.8 Å². The van der Waals surface area contributed by atoms with E-state index in [0.29, 0.717) is 0 Å². The average Bonchev–Trinajstić information content (AvgIpc) is 2.51. The van der Waals surface area contributed by atoms with Gasteiger partial charge >= 0.3 is 0 Å². The summed E-state index contributed by atoms with van der Waals surface area (Å²) in [6.45, 7) is -0.217. The Morgan fingerprint density at radius 2 is 0.857 bits per heavy atom. The number of benzene rings is 1. The molecule has 1 aromatic rings. The van der Waals surface area contributed by atoms with E-state index in [4.69, 9.17) is 66.5 Å². The second-order valence-electron chi connectivity index (χ2n) is 8.42. The molecule has 0 aliphatic heterocycles. The van der Waals surface area contributed by atoms with Gasteiger partial charge < -0.3 is 0 Å². The summed E-state index contributed by atoms with van der Waals surface area (Å²) < 4.78 is 0.